The smallest absolute Gasteiger partial charge is 0.270 e. The van der Waals surface area contributed by atoms with Gasteiger partial charge in [0.25, 0.3) is 11.8 Å². The number of alkyl halides is 4. The van der Waals surface area contributed by atoms with E-state index in [-0.39, 0.29) is 28.7 Å². The van der Waals surface area contributed by atoms with Gasteiger partial charge in [0, 0.05) is 38.9 Å². The fourth-order valence-corrected chi connectivity index (χ4v) is 3.46. The van der Waals surface area contributed by atoms with Gasteiger partial charge in [-0.1, -0.05) is 52.5 Å². The molecule has 0 spiro atoms. The minimum atomic E-state index is -3.09. The third-order valence-corrected chi connectivity index (χ3v) is 6.03. The number of rotatable bonds is 14. The van der Waals surface area contributed by atoms with Gasteiger partial charge in [-0.2, -0.15) is 5.26 Å². The van der Waals surface area contributed by atoms with Gasteiger partial charge >= 0.3 is 0 Å². The second-order valence-electron chi connectivity index (χ2n) is 11.0. The van der Waals surface area contributed by atoms with Crippen LogP contribution in [-0.2, 0) is 27.9 Å². The average molecular weight is 628 g/mol. The van der Waals surface area contributed by atoms with Gasteiger partial charge in [-0.25, -0.2) is 17.6 Å². The molecule has 0 aliphatic carbocycles. The van der Waals surface area contributed by atoms with Crippen LogP contribution < -0.4 is 5.32 Å². The summed E-state index contributed by atoms with van der Waals surface area (Å²) in [5.41, 5.74) is 1.62. The van der Waals surface area contributed by atoms with E-state index in [1.807, 2.05) is 13.0 Å². The zero-order valence-electron chi connectivity index (χ0n) is 29.0. The Bertz CT molecular complexity index is 1010. The van der Waals surface area contributed by atoms with Crippen molar-refractivity contribution in [3.8, 4) is 6.07 Å². The molecule has 0 aliphatic heterocycles. The molecular weight excluding hydrogens is 570 g/mol. The van der Waals surface area contributed by atoms with E-state index in [0.717, 1.165) is 31.9 Å². The van der Waals surface area contributed by atoms with E-state index < -0.39 is 11.8 Å². The number of unbranched alkanes of at least 4 members (excludes halogenated alkanes) is 3. The van der Waals surface area contributed by atoms with E-state index >= 15 is 0 Å². The van der Waals surface area contributed by atoms with Gasteiger partial charge in [-0.3, -0.25) is 9.79 Å². The van der Waals surface area contributed by atoms with Gasteiger partial charge in [-0.05, 0) is 89.3 Å². The van der Waals surface area contributed by atoms with E-state index in [2.05, 4.69) is 37.1 Å². The highest BCUT2D eigenvalue weighted by atomic mass is 19.3. The molecule has 1 unspecified atom stereocenters. The molecule has 1 rings (SSSR count). The monoisotopic (exact) mass is 627 g/mol. The fourth-order valence-electron chi connectivity index (χ4n) is 3.46. The summed E-state index contributed by atoms with van der Waals surface area (Å²) < 4.78 is 52.4. The first-order valence-electron chi connectivity index (χ1n) is 15.5. The first-order chi connectivity index (χ1) is 20.3. The minimum absolute atomic E-state index is 0.0467. The quantitative estimate of drug-likeness (QED) is 0.126. The van der Waals surface area contributed by atoms with Crippen molar-refractivity contribution in [2.45, 2.75) is 138 Å². The summed E-state index contributed by atoms with van der Waals surface area (Å²) in [6, 6.07) is 5.66. The molecule has 1 aromatic rings. The minimum Gasteiger partial charge on any atom is -0.302 e. The van der Waals surface area contributed by atoms with Crippen molar-refractivity contribution in [3.63, 3.8) is 0 Å². The summed E-state index contributed by atoms with van der Waals surface area (Å²) in [5.74, 6) is -5.97. The van der Waals surface area contributed by atoms with Crippen LogP contribution in [0.1, 0.15) is 131 Å². The SMILES string of the molecule is CC(C)=O.CCCCCC/C(C)=C/C(=NC)C(C)=O.CCCNC(C#N)CC.CCc1cc(C(C)(F)F)cc(C(C)(F)F)c1. The highest BCUT2D eigenvalue weighted by Gasteiger charge is 2.30. The third kappa shape index (κ3) is 25.6. The number of aliphatic imine (C=N–C) groups is 1. The van der Waals surface area contributed by atoms with Crippen molar-refractivity contribution in [3.05, 3.63) is 46.5 Å². The van der Waals surface area contributed by atoms with Crippen molar-refractivity contribution in [2.24, 2.45) is 4.99 Å². The van der Waals surface area contributed by atoms with Gasteiger partial charge in [-0.15, -0.1) is 0 Å². The number of benzene rings is 1. The second kappa shape index (κ2) is 25.5. The van der Waals surface area contributed by atoms with Crippen molar-refractivity contribution >= 4 is 17.3 Å². The van der Waals surface area contributed by atoms with Crippen LogP contribution >= 0.6 is 0 Å². The van der Waals surface area contributed by atoms with E-state index in [1.54, 1.807) is 20.9 Å². The van der Waals surface area contributed by atoms with Crippen LogP contribution in [0.25, 0.3) is 0 Å². The molecule has 0 amide bonds. The first kappa shape index (κ1) is 45.6. The molecule has 0 heterocycles. The predicted octanol–water partition coefficient (Wildman–Crippen LogP) is 9.92. The maximum Gasteiger partial charge on any atom is 0.270 e. The molecule has 1 atom stereocenters. The maximum absolute atomic E-state index is 13.1. The Balaban J connectivity index is -0.000000557. The Labute approximate surface area is 264 Å². The number of hydrogen-bond acceptors (Lipinski definition) is 5. The summed E-state index contributed by atoms with van der Waals surface area (Å²) in [7, 11) is 1.66. The second-order valence-corrected chi connectivity index (χ2v) is 11.0. The lowest BCUT2D eigenvalue weighted by atomic mass is 9.98. The summed E-state index contributed by atoms with van der Waals surface area (Å²) >= 11 is 0. The Morgan fingerprint density at radius 3 is 1.73 bits per heavy atom. The van der Waals surface area contributed by atoms with Gasteiger partial charge in [0.05, 0.1) is 17.8 Å². The van der Waals surface area contributed by atoms with Crippen LogP contribution in [0.5, 0.6) is 0 Å². The molecule has 0 saturated carbocycles. The van der Waals surface area contributed by atoms with Crippen LogP contribution in [0.2, 0.25) is 0 Å². The Hall–Kier alpha value is -2.86. The number of nitriles is 1. The number of nitrogens with one attached hydrogen (secondary N) is 1. The lowest BCUT2D eigenvalue weighted by Gasteiger charge is -2.17. The summed E-state index contributed by atoms with van der Waals surface area (Å²) in [4.78, 5) is 24.5. The molecule has 9 heteroatoms. The van der Waals surface area contributed by atoms with Gasteiger partial charge in [0.15, 0.2) is 5.78 Å². The normalized spacial score (nSPS) is 12.3. The zero-order chi connectivity index (χ0) is 34.9. The van der Waals surface area contributed by atoms with Gasteiger partial charge in [0.1, 0.15) is 5.78 Å². The van der Waals surface area contributed by atoms with E-state index in [1.165, 1.54) is 57.2 Å². The highest BCUT2D eigenvalue weighted by Crippen LogP contribution is 2.34. The number of Topliss-reactive ketones (excluding diaryl/α,β-unsaturated/α-hetero) is 2. The third-order valence-electron chi connectivity index (χ3n) is 6.03. The average Bonchev–Trinajstić information content (AvgIpc) is 2.93. The fraction of sp³-hybridized carbons (Fsp3) is 0.657. The number of ketones is 2. The molecule has 0 radical (unpaired) electrons. The number of allylic oxidation sites excluding steroid dienone is 2. The standard InChI is InChI=1S/C13H23NO.C12H14F4.C7H14N2.C3H6O/c1-5-6-7-8-9-11(2)10-13(14-4)12(3)15;1-4-8-5-9(11(2,13)14)7-10(6-8)12(3,15)16;1-3-5-9-7(4-2)6-8;1-3(2)4/h10H,5-9H2,1-4H3;5-7H,4H2,1-3H3;7,9H,3-5H2,1-2H3;1-2H3/b11-10+,14-13?;;;. The molecule has 1 aromatic carbocycles. The summed E-state index contributed by atoms with van der Waals surface area (Å²) in [6.07, 6.45) is 10.5. The van der Waals surface area contributed by atoms with Crippen molar-refractivity contribution in [1.82, 2.24) is 5.32 Å². The summed E-state index contributed by atoms with van der Waals surface area (Å²) in [5, 5.41) is 11.5. The molecule has 0 aromatic heterocycles. The topological polar surface area (TPSA) is 82.3 Å². The molecule has 5 nitrogen and oxygen atoms in total. The lowest BCUT2D eigenvalue weighted by Crippen LogP contribution is -2.27. The predicted molar refractivity (Wildman–Crippen MR) is 176 cm³/mol. The van der Waals surface area contributed by atoms with E-state index in [9.17, 15) is 27.2 Å². The molecule has 0 aliphatic rings. The highest BCUT2D eigenvalue weighted by molar-refractivity contribution is 6.43. The molecule has 0 bridgehead atoms. The Kier molecular flexibility index (Phi) is 26.4. The first-order valence-corrected chi connectivity index (χ1v) is 15.5. The molecule has 1 N–H and O–H groups in total. The number of carbonyl (C=O) groups excluding carboxylic acids is 2. The van der Waals surface area contributed by atoms with Crippen LogP contribution in [0, 0.1) is 11.3 Å². The maximum atomic E-state index is 13.1. The molecule has 0 saturated heterocycles. The molecular formula is C35H57F4N3O2. The number of halogens is 4. The summed E-state index contributed by atoms with van der Waals surface area (Å²) in [6.45, 7) is 17.1. The van der Waals surface area contributed by atoms with Crippen molar-refractivity contribution < 1.29 is 27.2 Å². The van der Waals surface area contributed by atoms with Crippen molar-refractivity contribution in [1.29, 1.82) is 5.26 Å². The number of aryl methyl sites for hydroxylation is 1. The van der Waals surface area contributed by atoms with Gasteiger partial charge < -0.3 is 10.1 Å². The van der Waals surface area contributed by atoms with Crippen LogP contribution in [-0.4, -0.2) is 36.9 Å². The largest absolute Gasteiger partial charge is 0.302 e. The van der Waals surface area contributed by atoms with Crippen LogP contribution in [0.15, 0.2) is 34.8 Å². The van der Waals surface area contributed by atoms with Crippen LogP contribution in [0.4, 0.5) is 17.6 Å². The van der Waals surface area contributed by atoms with Crippen molar-refractivity contribution in [2.75, 3.05) is 13.6 Å². The lowest BCUT2D eigenvalue weighted by molar-refractivity contribution is -0.115. The van der Waals surface area contributed by atoms with E-state index in [4.69, 9.17) is 5.26 Å². The zero-order valence-corrected chi connectivity index (χ0v) is 29.0. The molecule has 44 heavy (non-hydrogen) atoms. The van der Waals surface area contributed by atoms with Gasteiger partial charge in [0.2, 0.25) is 0 Å². The molecule has 252 valence electrons. The van der Waals surface area contributed by atoms with E-state index in [0.29, 0.717) is 31.5 Å². The number of hydrogen-bond donors (Lipinski definition) is 1. The Morgan fingerprint density at radius 2 is 1.41 bits per heavy atom. The van der Waals surface area contributed by atoms with Crippen LogP contribution in [0.3, 0.4) is 0 Å². The molecule has 0 fully saturated rings. The number of nitrogens with zero attached hydrogens (tertiary/aromatic N) is 2. The number of carbonyl (C=O) groups is 2. The Morgan fingerprint density at radius 1 is 0.909 bits per heavy atom.